The van der Waals surface area contributed by atoms with E-state index in [1.807, 2.05) is 0 Å². The molecular weight excluding hydrogens is 349 g/mol. The zero-order chi connectivity index (χ0) is 19.5. The largest absolute Gasteiger partial charge is 0.297 e. The average Bonchev–Trinajstić information content (AvgIpc) is 3.08. The Morgan fingerprint density at radius 2 is 1.70 bits per heavy atom. The third kappa shape index (κ3) is 2.52. The van der Waals surface area contributed by atoms with Crippen LogP contribution in [0.25, 0.3) is 0 Å². The van der Waals surface area contributed by atoms with Gasteiger partial charge in [-0.2, -0.15) is 5.10 Å². The van der Waals surface area contributed by atoms with E-state index in [0.29, 0.717) is 5.69 Å². The highest BCUT2D eigenvalue weighted by atomic mass is 19.1. The van der Waals surface area contributed by atoms with Crippen LogP contribution < -0.4 is 4.90 Å². The van der Waals surface area contributed by atoms with E-state index in [-0.39, 0.29) is 11.7 Å². The Hall–Kier alpha value is -2.83. The van der Waals surface area contributed by atoms with Crippen LogP contribution in [0.2, 0.25) is 0 Å². The van der Waals surface area contributed by atoms with Crippen LogP contribution in [0.5, 0.6) is 0 Å². The summed E-state index contributed by atoms with van der Waals surface area (Å²) >= 11 is 0. The molecule has 4 atom stereocenters. The third-order valence-corrected chi connectivity index (χ3v) is 5.38. The number of benzene rings is 1. The average molecular weight is 369 g/mol. The molecule has 140 valence electrons. The second-order valence-electron chi connectivity index (χ2n) is 8.12. The second-order valence-corrected chi connectivity index (χ2v) is 8.12. The van der Waals surface area contributed by atoms with Crippen LogP contribution in [0.4, 0.5) is 10.1 Å². The number of allylic oxidation sites excluding steroid dienone is 1. The van der Waals surface area contributed by atoms with Gasteiger partial charge in [-0.05, 0) is 30.3 Å². The van der Waals surface area contributed by atoms with E-state index >= 15 is 0 Å². The Morgan fingerprint density at radius 1 is 1.07 bits per heavy atom. The van der Waals surface area contributed by atoms with Crippen molar-refractivity contribution in [3.63, 3.8) is 0 Å². The van der Waals surface area contributed by atoms with Gasteiger partial charge in [-0.25, -0.2) is 9.29 Å². The van der Waals surface area contributed by atoms with Gasteiger partial charge in [0.2, 0.25) is 11.8 Å². The maximum atomic E-state index is 13.3. The Balaban J connectivity index is 1.79. The van der Waals surface area contributed by atoms with Crippen LogP contribution in [0.1, 0.15) is 20.8 Å². The molecule has 1 aromatic carbocycles. The lowest BCUT2D eigenvalue weighted by molar-refractivity contribution is -0.136. The van der Waals surface area contributed by atoms with Crippen molar-refractivity contribution in [1.29, 1.82) is 0 Å². The summed E-state index contributed by atoms with van der Waals surface area (Å²) in [4.78, 5) is 40.6. The number of ketones is 1. The van der Waals surface area contributed by atoms with Crippen molar-refractivity contribution in [2.24, 2.45) is 22.4 Å². The van der Waals surface area contributed by atoms with E-state index < -0.39 is 41.1 Å². The SMILES string of the molecule is CC(C)(C)C(=O)[C@@H]1[C@@H]2C(=O)N(c3ccc(F)cc3)C(=O)[C@H]2[C@H]2C=CC=NN21. The van der Waals surface area contributed by atoms with Crippen LogP contribution in [-0.4, -0.2) is 40.9 Å². The normalized spacial score (nSPS) is 29.3. The summed E-state index contributed by atoms with van der Waals surface area (Å²) in [7, 11) is 0. The fourth-order valence-electron chi connectivity index (χ4n) is 4.13. The predicted octanol–water partition coefficient (Wildman–Crippen LogP) is 2.15. The number of amides is 2. The van der Waals surface area contributed by atoms with Crippen LogP contribution in [0.3, 0.4) is 0 Å². The van der Waals surface area contributed by atoms with Crippen molar-refractivity contribution in [1.82, 2.24) is 5.01 Å². The smallest absolute Gasteiger partial charge is 0.240 e. The molecule has 3 aliphatic rings. The van der Waals surface area contributed by atoms with Gasteiger partial charge >= 0.3 is 0 Å². The molecule has 1 aromatic rings. The van der Waals surface area contributed by atoms with Crippen LogP contribution in [0, 0.1) is 23.1 Å². The van der Waals surface area contributed by atoms with Crippen molar-refractivity contribution < 1.29 is 18.8 Å². The van der Waals surface area contributed by atoms with E-state index in [1.54, 1.807) is 44.1 Å². The van der Waals surface area contributed by atoms with Crippen LogP contribution >= 0.6 is 0 Å². The van der Waals surface area contributed by atoms with Gasteiger partial charge in [-0.1, -0.05) is 26.8 Å². The van der Waals surface area contributed by atoms with Gasteiger partial charge in [0.05, 0.1) is 23.6 Å². The van der Waals surface area contributed by atoms with Crippen molar-refractivity contribution in [3.8, 4) is 0 Å². The molecule has 2 saturated heterocycles. The zero-order valence-electron chi connectivity index (χ0n) is 15.3. The molecular formula is C20H20FN3O3. The number of hydrogen-bond acceptors (Lipinski definition) is 5. The molecule has 0 unspecified atom stereocenters. The summed E-state index contributed by atoms with van der Waals surface area (Å²) in [6, 6.07) is 3.97. The number of anilines is 1. The highest BCUT2D eigenvalue weighted by Gasteiger charge is 2.64. The van der Waals surface area contributed by atoms with Gasteiger partial charge in [0, 0.05) is 11.6 Å². The summed E-state index contributed by atoms with van der Waals surface area (Å²) in [5.74, 6) is -2.88. The molecule has 27 heavy (non-hydrogen) atoms. The number of hydrazone groups is 1. The van der Waals surface area contributed by atoms with Crippen LogP contribution in [0.15, 0.2) is 41.5 Å². The number of carbonyl (C=O) groups is 3. The van der Waals surface area contributed by atoms with Gasteiger partial charge in [0.1, 0.15) is 11.9 Å². The lowest BCUT2D eigenvalue weighted by Crippen LogP contribution is -2.49. The fourth-order valence-corrected chi connectivity index (χ4v) is 4.13. The minimum Gasteiger partial charge on any atom is -0.297 e. The molecule has 2 amide bonds. The van der Waals surface area contributed by atoms with Crippen LogP contribution in [-0.2, 0) is 14.4 Å². The molecule has 4 rings (SSSR count). The van der Waals surface area contributed by atoms with Crippen molar-refractivity contribution in [2.75, 3.05) is 4.90 Å². The summed E-state index contributed by atoms with van der Waals surface area (Å²) < 4.78 is 13.3. The topological polar surface area (TPSA) is 70.0 Å². The Labute approximate surface area is 156 Å². The first kappa shape index (κ1) is 17.6. The van der Waals surface area contributed by atoms with Gasteiger partial charge < -0.3 is 0 Å². The first-order chi connectivity index (χ1) is 12.7. The first-order valence-corrected chi connectivity index (χ1v) is 8.88. The Morgan fingerprint density at radius 3 is 2.33 bits per heavy atom. The van der Waals surface area contributed by atoms with E-state index in [2.05, 4.69) is 5.10 Å². The summed E-state index contributed by atoms with van der Waals surface area (Å²) in [5.41, 5.74) is -0.370. The lowest BCUT2D eigenvalue weighted by atomic mass is 9.80. The number of nitrogens with zero attached hydrogens (tertiary/aromatic N) is 3. The molecule has 3 heterocycles. The number of Topliss-reactive ketones (excluding diaryl/α,β-unsaturated/α-hetero) is 1. The summed E-state index contributed by atoms with van der Waals surface area (Å²) in [6.45, 7) is 5.38. The molecule has 0 saturated carbocycles. The third-order valence-electron chi connectivity index (χ3n) is 5.38. The summed E-state index contributed by atoms with van der Waals surface area (Å²) in [5, 5.41) is 5.89. The molecule has 0 bridgehead atoms. The molecule has 7 heteroatoms. The Kier molecular flexibility index (Phi) is 3.80. The van der Waals surface area contributed by atoms with E-state index in [9.17, 15) is 18.8 Å². The van der Waals surface area contributed by atoms with E-state index in [4.69, 9.17) is 0 Å². The lowest BCUT2D eigenvalue weighted by Gasteiger charge is -2.33. The highest BCUT2D eigenvalue weighted by molar-refractivity contribution is 6.24. The minimum atomic E-state index is -0.806. The van der Waals surface area contributed by atoms with Gasteiger partial charge in [-0.3, -0.25) is 19.4 Å². The molecule has 0 spiro atoms. The standard InChI is InChI=1S/C20H20FN3O3/c1-20(2,3)17(25)16-15-14(13-5-4-10-22-24(13)16)18(26)23(19(15)27)12-8-6-11(21)7-9-12/h4-10,13-16H,1-3H3/t13-,14+,15-,16+/m1/s1. The van der Waals surface area contributed by atoms with Gasteiger partial charge in [-0.15, -0.1) is 0 Å². The Bertz CT molecular complexity index is 885. The fraction of sp³-hybridized carbons (Fsp3) is 0.400. The molecule has 2 fully saturated rings. The number of fused-ring (bicyclic) bond motifs is 3. The molecule has 6 nitrogen and oxygen atoms in total. The van der Waals surface area contributed by atoms with Crippen molar-refractivity contribution in [2.45, 2.75) is 32.9 Å². The monoisotopic (exact) mass is 369 g/mol. The highest BCUT2D eigenvalue weighted by Crippen LogP contribution is 2.47. The summed E-state index contributed by atoms with van der Waals surface area (Å²) in [6.07, 6.45) is 5.09. The maximum Gasteiger partial charge on any atom is 0.240 e. The van der Waals surface area contributed by atoms with Crippen molar-refractivity contribution in [3.05, 3.63) is 42.2 Å². The molecule has 0 aliphatic carbocycles. The number of carbonyl (C=O) groups excluding carboxylic acids is 3. The van der Waals surface area contributed by atoms with Gasteiger partial charge in [0.15, 0.2) is 5.78 Å². The maximum absolute atomic E-state index is 13.3. The van der Waals surface area contributed by atoms with Crippen molar-refractivity contribution >= 4 is 29.5 Å². The molecule has 3 aliphatic heterocycles. The van der Waals surface area contributed by atoms with E-state index in [1.165, 1.54) is 24.3 Å². The molecule has 0 radical (unpaired) electrons. The van der Waals surface area contributed by atoms with E-state index in [0.717, 1.165) is 4.90 Å². The first-order valence-electron chi connectivity index (χ1n) is 8.88. The molecule has 0 N–H and O–H groups in total. The number of imide groups is 1. The molecule has 0 aromatic heterocycles. The number of halogens is 1. The minimum absolute atomic E-state index is 0.130. The quantitative estimate of drug-likeness (QED) is 0.749. The number of rotatable bonds is 2. The number of hydrogen-bond donors (Lipinski definition) is 0. The van der Waals surface area contributed by atoms with Gasteiger partial charge in [0.25, 0.3) is 0 Å². The predicted molar refractivity (Wildman–Crippen MR) is 97.4 cm³/mol. The second kappa shape index (κ2) is 5.84. The zero-order valence-corrected chi connectivity index (χ0v) is 15.3.